The Morgan fingerprint density at radius 1 is 0.222 bits per heavy atom. The third-order valence-electron chi connectivity index (χ3n) is 10.4. The smallest absolute Gasteiger partial charge is 0.164 e. The second-order valence-electron chi connectivity index (χ2n) is 13.6. The number of fused-ring (bicyclic) bond motifs is 3. The van der Waals surface area contributed by atoms with Crippen molar-refractivity contribution in [1.29, 1.82) is 0 Å². The lowest BCUT2D eigenvalue weighted by atomic mass is 9.94. The van der Waals surface area contributed by atoms with E-state index in [-0.39, 0.29) is 0 Å². The topological polar surface area (TPSA) is 38.7 Å². The van der Waals surface area contributed by atoms with E-state index in [0.29, 0.717) is 17.5 Å². The van der Waals surface area contributed by atoms with E-state index in [2.05, 4.69) is 200 Å². The van der Waals surface area contributed by atoms with Crippen molar-refractivity contribution in [1.82, 2.24) is 15.0 Å². The molecule has 1 heterocycles. The molecule has 3 heteroatoms. The zero-order chi connectivity index (χ0) is 35.8. The Morgan fingerprint density at radius 3 is 1.30 bits per heavy atom. The molecule has 0 atom stereocenters. The van der Waals surface area contributed by atoms with Gasteiger partial charge in [0, 0.05) is 16.7 Å². The molecule has 10 rings (SSSR count). The molecule has 0 amide bonds. The molecule has 0 spiro atoms. The normalized spacial score (nSPS) is 11.3. The first-order chi connectivity index (χ1) is 26.8. The Kier molecular flexibility index (Phi) is 7.81. The molecular formula is C51H33N3. The van der Waals surface area contributed by atoms with Crippen LogP contribution in [0.4, 0.5) is 0 Å². The van der Waals surface area contributed by atoms with Gasteiger partial charge in [0.15, 0.2) is 17.5 Å². The minimum Gasteiger partial charge on any atom is -0.208 e. The van der Waals surface area contributed by atoms with Crippen molar-refractivity contribution < 1.29 is 0 Å². The van der Waals surface area contributed by atoms with Crippen LogP contribution in [0.1, 0.15) is 0 Å². The zero-order valence-corrected chi connectivity index (χ0v) is 29.4. The lowest BCUT2D eigenvalue weighted by Gasteiger charge is -2.14. The number of hydrogen-bond donors (Lipinski definition) is 0. The van der Waals surface area contributed by atoms with Gasteiger partial charge in [-0.05, 0) is 71.8 Å². The van der Waals surface area contributed by atoms with Crippen molar-refractivity contribution in [2.24, 2.45) is 0 Å². The maximum atomic E-state index is 5.24. The van der Waals surface area contributed by atoms with Gasteiger partial charge in [-0.3, -0.25) is 0 Å². The van der Waals surface area contributed by atoms with E-state index < -0.39 is 0 Å². The largest absolute Gasteiger partial charge is 0.208 e. The molecule has 10 aromatic rings. The molecular weight excluding hydrogens is 655 g/mol. The second kappa shape index (κ2) is 13.4. The molecule has 0 aliphatic heterocycles. The average molecular weight is 688 g/mol. The summed E-state index contributed by atoms with van der Waals surface area (Å²) in [6, 6.07) is 70.6. The monoisotopic (exact) mass is 687 g/mol. The van der Waals surface area contributed by atoms with E-state index in [4.69, 9.17) is 15.0 Å². The fraction of sp³-hybridized carbons (Fsp3) is 0. The summed E-state index contributed by atoms with van der Waals surface area (Å²) < 4.78 is 0. The van der Waals surface area contributed by atoms with Crippen LogP contribution in [-0.4, -0.2) is 15.0 Å². The average Bonchev–Trinajstić information content (AvgIpc) is 3.26. The van der Waals surface area contributed by atoms with Gasteiger partial charge in [-0.15, -0.1) is 0 Å². The summed E-state index contributed by atoms with van der Waals surface area (Å²) >= 11 is 0. The van der Waals surface area contributed by atoms with Crippen molar-refractivity contribution in [3.8, 4) is 67.5 Å². The van der Waals surface area contributed by atoms with Crippen molar-refractivity contribution in [3.05, 3.63) is 200 Å². The number of hydrogen-bond acceptors (Lipinski definition) is 3. The standard InChI is InChI=1S/C51H33N3/c1-4-21-41-35(13-1)16-10-26-42(41)38-31-29-34(30-32-38)39-19-9-20-40(33-39)49-52-50(47-28-12-18-37-15-3-6-23-44(37)47)54-51(53-49)48-25-8-7-24-46(48)45-27-11-17-36-14-2-5-22-43(36)45/h1-33H. The molecule has 0 saturated heterocycles. The van der Waals surface area contributed by atoms with Crippen molar-refractivity contribution >= 4 is 32.3 Å². The quantitative estimate of drug-likeness (QED) is 0.175. The first-order valence-corrected chi connectivity index (χ1v) is 18.3. The van der Waals surface area contributed by atoms with E-state index in [9.17, 15) is 0 Å². The SMILES string of the molecule is c1cc(-c2ccc(-c3cccc4ccccc34)cc2)cc(-c2nc(-c3ccccc3-c3cccc4ccccc34)nc(-c3cccc4ccccc34)n2)c1. The van der Waals surface area contributed by atoms with Gasteiger partial charge in [0.2, 0.25) is 0 Å². The number of benzene rings is 9. The summed E-state index contributed by atoms with van der Waals surface area (Å²) in [6.45, 7) is 0. The summed E-state index contributed by atoms with van der Waals surface area (Å²) in [7, 11) is 0. The van der Waals surface area contributed by atoms with Gasteiger partial charge in [0.1, 0.15) is 0 Å². The highest BCUT2D eigenvalue weighted by Crippen LogP contribution is 2.38. The summed E-state index contributed by atoms with van der Waals surface area (Å²) in [5.41, 5.74) is 9.74. The van der Waals surface area contributed by atoms with Crippen LogP contribution in [0.15, 0.2) is 200 Å². The van der Waals surface area contributed by atoms with E-state index in [1.807, 2.05) is 0 Å². The molecule has 3 nitrogen and oxygen atoms in total. The molecule has 1 aromatic heterocycles. The summed E-state index contributed by atoms with van der Waals surface area (Å²) in [5, 5.41) is 7.12. The maximum absolute atomic E-state index is 5.24. The molecule has 9 aromatic carbocycles. The molecule has 0 unspecified atom stereocenters. The molecule has 0 radical (unpaired) electrons. The molecule has 0 aliphatic carbocycles. The highest BCUT2D eigenvalue weighted by molar-refractivity contribution is 6.01. The van der Waals surface area contributed by atoms with Gasteiger partial charge in [-0.1, -0.05) is 194 Å². The number of nitrogens with zero attached hydrogens (tertiary/aromatic N) is 3. The van der Waals surface area contributed by atoms with Crippen LogP contribution in [0.2, 0.25) is 0 Å². The fourth-order valence-electron chi connectivity index (χ4n) is 7.70. The molecule has 0 saturated carbocycles. The van der Waals surface area contributed by atoms with Crippen molar-refractivity contribution in [3.63, 3.8) is 0 Å². The summed E-state index contributed by atoms with van der Waals surface area (Å²) in [6.07, 6.45) is 0. The van der Waals surface area contributed by atoms with E-state index in [0.717, 1.165) is 49.7 Å². The lowest BCUT2D eigenvalue weighted by molar-refractivity contribution is 1.08. The van der Waals surface area contributed by atoms with Crippen LogP contribution in [0, 0.1) is 0 Å². The van der Waals surface area contributed by atoms with Crippen LogP contribution in [0.3, 0.4) is 0 Å². The number of rotatable bonds is 6. The first kappa shape index (κ1) is 31.5. The minimum absolute atomic E-state index is 0.630. The Bertz CT molecular complexity index is 2980. The van der Waals surface area contributed by atoms with Crippen LogP contribution < -0.4 is 0 Å². The van der Waals surface area contributed by atoms with Gasteiger partial charge in [-0.2, -0.15) is 0 Å². The van der Waals surface area contributed by atoms with E-state index in [1.165, 1.54) is 32.7 Å². The van der Waals surface area contributed by atoms with Crippen LogP contribution in [0.5, 0.6) is 0 Å². The van der Waals surface area contributed by atoms with Crippen molar-refractivity contribution in [2.75, 3.05) is 0 Å². The molecule has 0 bridgehead atoms. The Labute approximate surface area is 313 Å². The van der Waals surface area contributed by atoms with Gasteiger partial charge in [-0.25, -0.2) is 15.0 Å². The van der Waals surface area contributed by atoms with E-state index in [1.54, 1.807) is 0 Å². The minimum atomic E-state index is 0.630. The second-order valence-corrected chi connectivity index (χ2v) is 13.6. The molecule has 54 heavy (non-hydrogen) atoms. The van der Waals surface area contributed by atoms with Crippen LogP contribution in [0.25, 0.3) is 99.9 Å². The first-order valence-electron chi connectivity index (χ1n) is 18.3. The Hall–Kier alpha value is -7.23. The van der Waals surface area contributed by atoms with Gasteiger partial charge >= 0.3 is 0 Å². The zero-order valence-electron chi connectivity index (χ0n) is 29.4. The lowest BCUT2D eigenvalue weighted by Crippen LogP contribution is -2.01. The molecule has 0 aliphatic rings. The molecule has 252 valence electrons. The number of aromatic nitrogens is 3. The predicted octanol–water partition coefficient (Wildman–Crippen LogP) is 13.3. The van der Waals surface area contributed by atoms with Gasteiger partial charge < -0.3 is 0 Å². The van der Waals surface area contributed by atoms with Gasteiger partial charge in [0.05, 0.1) is 0 Å². The third kappa shape index (κ3) is 5.69. The highest BCUT2D eigenvalue weighted by atomic mass is 15.0. The molecule has 0 N–H and O–H groups in total. The molecule has 0 fully saturated rings. The van der Waals surface area contributed by atoms with Crippen LogP contribution in [-0.2, 0) is 0 Å². The van der Waals surface area contributed by atoms with Crippen molar-refractivity contribution in [2.45, 2.75) is 0 Å². The Balaban J connectivity index is 1.12. The summed E-state index contributed by atoms with van der Waals surface area (Å²) in [5.74, 6) is 1.91. The van der Waals surface area contributed by atoms with E-state index >= 15 is 0 Å². The highest BCUT2D eigenvalue weighted by Gasteiger charge is 2.18. The summed E-state index contributed by atoms with van der Waals surface area (Å²) in [4.78, 5) is 15.7. The Morgan fingerprint density at radius 2 is 0.630 bits per heavy atom. The van der Waals surface area contributed by atoms with Gasteiger partial charge in [0.25, 0.3) is 0 Å². The fourth-order valence-corrected chi connectivity index (χ4v) is 7.70. The predicted molar refractivity (Wildman–Crippen MR) is 225 cm³/mol. The maximum Gasteiger partial charge on any atom is 0.164 e. The van der Waals surface area contributed by atoms with Crippen LogP contribution >= 0.6 is 0 Å². The third-order valence-corrected chi connectivity index (χ3v) is 10.4.